The van der Waals surface area contributed by atoms with Gasteiger partial charge in [-0.05, 0) is 49.3 Å². The van der Waals surface area contributed by atoms with Gasteiger partial charge < -0.3 is 16.0 Å². The lowest BCUT2D eigenvalue weighted by Gasteiger charge is -2.25. The first kappa shape index (κ1) is 18.2. The Morgan fingerprint density at radius 2 is 1.62 bits per heavy atom. The monoisotopic (exact) mass is 325 g/mol. The summed E-state index contributed by atoms with van der Waals surface area (Å²) in [5.74, 6) is -0.0596. The van der Waals surface area contributed by atoms with Crippen LogP contribution in [0.25, 0.3) is 0 Å². The van der Waals surface area contributed by atoms with Crippen LogP contribution in [-0.2, 0) is 13.0 Å². The number of rotatable bonds is 7. The molecule has 0 aromatic heterocycles. The number of hydrogen-bond donors (Lipinski definition) is 2. The highest BCUT2D eigenvalue weighted by atomic mass is 16.1. The Hall–Kier alpha value is -2.17. The molecule has 0 spiro atoms. The molecule has 0 aliphatic heterocycles. The highest BCUT2D eigenvalue weighted by Crippen LogP contribution is 2.18. The highest BCUT2D eigenvalue weighted by molar-refractivity contribution is 5.94. The molecule has 0 fully saturated rings. The minimum atomic E-state index is -0.0596. The van der Waals surface area contributed by atoms with E-state index in [0.717, 1.165) is 12.0 Å². The van der Waals surface area contributed by atoms with Gasteiger partial charge in [0, 0.05) is 18.7 Å². The molecule has 2 rings (SSSR count). The van der Waals surface area contributed by atoms with Gasteiger partial charge in [-0.1, -0.05) is 43.3 Å². The van der Waals surface area contributed by atoms with Gasteiger partial charge in [-0.3, -0.25) is 4.79 Å². The summed E-state index contributed by atoms with van der Waals surface area (Å²) < 4.78 is 0. The Morgan fingerprint density at radius 1 is 1.04 bits per heavy atom. The Labute approximate surface area is 144 Å². The van der Waals surface area contributed by atoms with E-state index >= 15 is 0 Å². The van der Waals surface area contributed by atoms with E-state index in [4.69, 9.17) is 5.73 Å². The van der Waals surface area contributed by atoms with Gasteiger partial charge in [0.05, 0.1) is 6.04 Å². The van der Waals surface area contributed by atoms with Crippen molar-refractivity contribution in [3.05, 3.63) is 70.8 Å². The molecule has 1 amide bonds. The summed E-state index contributed by atoms with van der Waals surface area (Å²) in [4.78, 5) is 14.5. The SMILES string of the molecule is CCc1ccc(C(CNC(=O)c2ccc(CN)cc2)N(C)C)cc1. The Kier molecular flexibility index (Phi) is 6.53. The third-order valence-corrected chi connectivity index (χ3v) is 4.30. The fourth-order valence-corrected chi connectivity index (χ4v) is 2.66. The van der Waals surface area contributed by atoms with Crippen LogP contribution < -0.4 is 11.1 Å². The van der Waals surface area contributed by atoms with Crippen LogP contribution in [0.5, 0.6) is 0 Å². The van der Waals surface area contributed by atoms with Crippen molar-refractivity contribution < 1.29 is 4.79 Å². The van der Waals surface area contributed by atoms with Crippen molar-refractivity contribution in [2.24, 2.45) is 5.73 Å². The van der Waals surface area contributed by atoms with Gasteiger partial charge in [-0.15, -0.1) is 0 Å². The molecule has 3 N–H and O–H groups in total. The number of nitrogens with two attached hydrogens (primary N) is 1. The van der Waals surface area contributed by atoms with E-state index in [1.807, 2.05) is 38.4 Å². The predicted octanol–water partition coefficient (Wildman–Crippen LogP) is 2.74. The zero-order valence-corrected chi connectivity index (χ0v) is 14.8. The number of likely N-dealkylation sites (N-methyl/N-ethyl adjacent to an activating group) is 1. The van der Waals surface area contributed by atoms with Gasteiger partial charge in [-0.2, -0.15) is 0 Å². The van der Waals surface area contributed by atoms with Crippen molar-refractivity contribution in [1.82, 2.24) is 10.2 Å². The lowest BCUT2D eigenvalue weighted by Crippen LogP contribution is -2.34. The lowest BCUT2D eigenvalue weighted by atomic mass is 10.0. The fourth-order valence-electron chi connectivity index (χ4n) is 2.66. The largest absolute Gasteiger partial charge is 0.350 e. The molecular formula is C20H27N3O. The van der Waals surface area contributed by atoms with Crippen molar-refractivity contribution >= 4 is 5.91 Å². The highest BCUT2D eigenvalue weighted by Gasteiger charge is 2.16. The second-order valence-corrected chi connectivity index (χ2v) is 6.19. The van der Waals surface area contributed by atoms with Gasteiger partial charge >= 0.3 is 0 Å². The van der Waals surface area contributed by atoms with Crippen molar-refractivity contribution in [2.45, 2.75) is 25.9 Å². The van der Waals surface area contributed by atoms with E-state index in [0.29, 0.717) is 18.7 Å². The zero-order chi connectivity index (χ0) is 17.5. The molecule has 0 bridgehead atoms. The topological polar surface area (TPSA) is 58.4 Å². The first-order chi connectivity index (χ1) is 11.5. The van der Waals surface area contributed by atoms with E-state index in [-0.39, 0.29) is 11.9 Å². The number of nitrogens with one attached hydrogen (secondary N) is 1. The smallest absolute Gasteiger partial charge is 0.251 e. The van der Waals surface area contributed by atoms with Gasteiger partial charge in [0.15, 0.2) is 0 Å². The molecule has 0 saturated carbocycles. The number of aryl methyl sites for hydroxylation is 1. The van der Waals surface area contributed by atoms with Crippen LogP contribution in [0.3, 0.4) is 0 Å². The van der Waals surface area contributed by atoms with E-state index in [2.05, 4.69) is 41.4 Å². The molecule has 0 saturated heterocycles. The Balaban J connectivity index is 2.03. The molecule has 2 aromatic rings. The quantitative estimate of drug-likeness (QED) is 0.823. The second kappa shape index (κ2) is 8.62. The summed E-state index contributed by atoms with van der Waals surface area (Å²) in [5.41, 5.74) is 9.79. The molecule has 2 aromatic carbocycles. The molecule has 0 aliphatic carbocycles. The summed E-state index contributed by atoms with van der Waals surface area (Å²) in [6.07, 6.45) is 1.03. The molecule has 0 heterocycles. The Morgan fingerprint density at radius 3 is 2.12 bits per heavy atom. The number of amides is 1. The zero-order valence-electron chi connectivity index (χ0n) is 14.8. The predicted molar refractivity (Wildman–Crippen MR) is 98.9 cm³/mol. The number of hydrogen-bond acceptors (Lipinski definition) is 3. The van der Waals surface area contributed by atoms with Gasteiger partial charge in [0.25, 0.3) is 5.91 Å². The molecule has 24 heavy (non-hydrogen) atoms. The van der Waals surface area contributed by atoms with Gasteiger partial charge in [0.2, 0.25) is 0 Å². The van der Waals surface area contributed by atoms with E-state index in [1.54, 1.807) is 0 Å². The first-order valence-corrected chi connectivity index (χ1v) is 8.37. The third kappa shape index (κ3) is 4.66. The summed E-state index contributed by atoms with van der Waals surface area (Å²) in [6.45, 7) is 3.20. The minimum Gasteiger partial charge on any atom is -0.350 e. The van der Waals surface area contributed by atoms with Crippen LogP contribution in [-0.4, -0.2) is 31.4 Å². The molecule has 0 aliphatic rings. The normalized spacial score (nSPS) is 12.2. The molecule has 1 unspecified atom stereocenters. The maximum Gasteiger partial charge on any atom is 0.251 e. The van der Waals surface area contributed by atoms with Crippen molar-refractivity contribution in [3.8, 4) is 0 Å². The van der Waals surface area contributed by atoms with Gasteiger partial charge in [0.1, 0.15) is 0 Å². The van der Waals surface area contributed by atoms with Crippen LogP contribution >= 0.6 is 0 Å². The molecule has 0 radical (unpaired) electrons. The average molecular weight is 325 g/mol. The van der Waals surface area contributed by atoms with E-state index in [1.165, 1.54) is 11.1 Å². The third-order valence-electron chi connectivity index (χ3n) is 4.30. The maximum atomic E-state index is 12.3. The molecule has 4 heteroatoms. The average Bonchev–Trinajstić information content (AvgIpc) is 2.62. The van der Waals surface area contributed by atoms with Crippen LogP contribution in [0.4, 0.5) is 0 Å². The number of benzene rings is 2. The van der Waals surface area contributed by atoms with Crippen LogP contribution in [0.1, 0.15) is 40.0 Å². The fraction of sp³-hybridized carbons (Fsp3) is 0.350. The van der Waals surface area contributed by atoms with Gasteiger partial charge in [-0.25, -0.2) is 0 Å². The van der Waals surface area contributed by atoms with Crippen molar-refractivity contribution in [2.75, 3.05) is 20.6 Å². The van der Waals surface area contributed by atoms with Crippen molar-refractivity contribution in [1.29, 1.82) is 0 Å². The molecule has 4 nitrogen and oxygen atoms in total. The Bertz CT molecular complexity index is 648. The van der Waals surface area contributed by atoms with Crippen LogP contribution in [0.15, 0.2) is 48.5 Å². The van der Waals surface area contributed by atoms with E-state index in [9.17, 15) is 4.79 Å². The number of nitrogens with zero attached hydrogens (tertiary/aromatic N) is 1. The summed E-state index contributed by atoms with van der Waals surface area (Å²) in [5, 5.41) is 3.03. The van der Waals surface area contributed by atoms with Crippen LogP contribution in [0, 0.1) is 0 Å². The molecule has 128 valence electrons. The number of carbonyl (C=O) groups excluding carboxylic acids is 1. The summed E-state index contributed by atoms with van der Waals surface area (Å²) in [7, 11) is 4.06. The summed E-state index contributed by atoms with van der Waals surface area (Å²) in [6, 6.07) is 16.2. The minimum absolute atomic E-state index is 0.0596. The second-order valence-electron chi connectivity index (χ2n) is 6.19. The van der Waals surface area contributed by atoms with Crippen LogP contribution in [0.2, 0.25) is 0 Å². The van der Waals surface area contributed by atoms with Crippen molar-refractivity contribution in [3.63, 3.8) is 0 Å². The molecule has 1 atom stereocenters. The number of carbonyl (C=O) groups is 1. The maximum absolute atomic E-state index is 12.3. The first-order valence-electron chi connectivity index (χ1n) is 8.37. The standard InChI is InChI=1S/C20H27N3O/c1-4-15-5-9-17(10-6-15)19(23(2)3)14-22-20(24)18-11-7-16(13-21)8-12-18/h5-12,19H,4,13-14,21H2,1-3H3,(H,22,24). The molecular weight excluding hydrogens is 298 g/mol. The summed E-state index contributed by atoms with van der Waals surface area (Å²) >= 11 is 0. The van der Waals surface area contributed by atoms with E-state index < -0.39 is 0 Å². The lowest BCUT2D eigenvalue weighted by molar-refractivity contribution is 0.0942.